The van der Waals surface area contributed by atoms with Gasteiger partial charge in [0.2, 0.25) is 0 Å². The molecule has 0 aliphatic carbocycles. The van der Waals surface area contributed by atoms with Crippen LogP contribution in [-0.2, 0) is 4.74 Å². The Morgan fingerprint density at radius 3 is 2.79 bits per heavy atom. The molecule has 2 aliphatic heterocycles. The van der Waals surface area contributed by atoms with Crippen LogP contribution in [0.2, 0.25) is 0 Å². The summed E-state index contributed by atoms with van der Waals surface area (Å²) < 4.78 is 11.0. The molecule has 2 saturated heterocycles. The summed E-state index contributed by atoms with van der Waals surface area (Å²) in [6, 6.07) is 16.0. The van der Waals surface area contributed by atoms with Crippen molar-refractivity contribution in [3.8, 4) is 16.9 Å². The van der Waals surface area contributed by atoms with Crippen molar-refractivity contribution in [2.45, 2.75) is 31.0 Å². The molecule has 154 valence electrons. The zero-order valence-electron chi connectivity index (χ0n) is 16.7. The molecule has 6 heteroatoms. The van der Waals surface area contributed by atoms with Gasteiger partial charge in [0, 0.05) is 37.3 Å². The molecule has 2 aromatic carbocycles. The van der Waals surface area contributed by atoms with Crippen LogP contribution in [0.4, 0.5) is 0 Å². The van der Waals surface area contributed by atoms with Crippen molar-refractivity contribution >= 4 is 5.91 Å². The lowest BCUT2D eigenvalue weighted by molar-refractivity contribution is -0.0566. The maximum atomic E-state index is 12.8. The first kappa shape index (κ1) is 19.9. The zero-order valence-corrected chi connectivity index (χ0v) is 16.7. The van der Waals surface area contributed by atoms with Gasteiger partial charge in [-0.2, -0.15) is 0 Å². The number of amides is 1. The van der Waals surface area contributed by atoms with Gasteiger partial charge in [0.05, 0.1) is 19.8 Å². The minimum atomic E-state index is -0.0435. The van der Waals surface area contributed by atoms with Gasteiger partial charge < -0.3 is 19.9 Å². The van der Waals surface area contributed by atoms with Crippen LogP contribution in [0.1, 0.15) is 23.2 Å². The Hall–Kier alpha value is -2.41. The average molecular weight is 396 g/mol. The topological polar surface area (TPSA) is 71.0 Å². The number of methoxy groups -OCH3 is 1. The fourth-order valence-electron chi connectivity index (χ4n) is 4.26. The quantitative estimate of drug-likeness (QED) is 0.784. The molecule has 2 heterocycles. The SMILES string of the molecule is COc1ccc(-c2cccc(C(=O)N[C@H]3C[C@H]4CO[C@@H](CCO)CN4C3)c2)cc1. The largest absolute Gasteiger partial charge is 0.497 e. The fourth-order valence-corrected chi connectivity index (χ4v) is 4.26. The molecule has 2 aliphatic rings. The van der Waals surface area contributed by atoms with Crippen molar-refractivity contribution in [2.75, 3.05) is 33.4 Å². The van der Waals surface area contributed by atoms with Gasteiger partial charge in [-0.25, -0.2) is 0 Å². The van der Waals surface area contributed by atoms with Gasteiger partial charge in [-0.05, 0) is 48.2 Å². The van der Waals surface area contributed by atoms with E-state index in [2.05, 4.69) is 10.2 Å². The summed E-state index contributed by atoms with van der Waals surface area (Å²) >= 11 is 0. The third kappa shape index (κ3) is 4.61. The summed E-state index contributed by atoms with van der Waals surface area (Å²) in [5.41, 5.74) is 2.72. The summed E-state index contributed by atoms with van der Waals surface area (Å²) in [6.45, 7) is 2.47. The Kier molecular flexibility index (Phi) is 6.13. The Balaban J connectivity index is 1.39. The number of nitrogens with one attached hydrogen (secondary N) is 1. The highest BCUT2D eigenvalue weighted by molar-refractivity contribution is 5.95. The molecule has 3 atom stereocenters. The second-order valence-electron chi connectivity index (χ2n) is 7.79. The van der Waals surface area contributed by atoms with E-state index in [1.165, 1.54) is 0 Å². The number of carbonyl (C=O) groups excluding carboxylic acids is 1. The van der Waals surface area contributed by atoms with Crippen molar-refractivity contribution in [3.05, 3.63) is 54.1 Å². The number of benzene rings is 2. The van der Waals surface area contributed by atoms with Crippen molar-refractivity contribution < 1.29 is 19.4 Å². The van der Waals surface area contributed by atoms with Crippen LogP contribution in [-0.4, -0.2) is 67.5 Å². The smallest absolute Gasteiger partial charge is 0.251 e. The van der Waals surface area contributed by atoms with Gasteiger partial charge in [0.1, 0.15) is 5.75 Å². The number of nitrogens with zero attached hydrogens (tertiary/aromatic N) is 1. The minimum Gasteiger partial charge on any atom is -0.497 e. The van der Waals surface area contributed by atoms with Crippen LogP contribution in [0.15, 0.2) is 48.5 Å². The van der Waals surface area contributed by atoms with Gasteiger partial charge in [0.25, 0.3) is 5.91 Å². The molecule has 0 bridgehead atoms. The Labute approximate surface area is 171 Å². The summed E-state index contributed by atoms with van der Waals surface area (Å²) in [7, 11) is 1.65. The van der Waals surface area contributed by atoms with Crippen LogP contribution in [0.3, 0.4) is 0 Å². The molecule has 29 heavy (non-hydrogen) atoms. The molecule has 0 radical (unpaired) electrons. The Morgan fingerprint density at radius 1 is 1.21 bits per heavy atom. The summed E-state index contributed by atoms with van der Waals surface area (Å²) in [4.78, 5) is 15.2. The third-order valence-electron chi connectivity index (χ3n) is 5.82. The van der Waals surface area contributed by atoms with Crippen molar-refractivity contribution in [1.82, 2.24) is 10.2 Å². The number of aliphatic hydroxyl groups excluding tert-OH is 1. The van der Waals surface area contributed by atoms with Crippen molar-refractivity contribution in [2.24, 2.45) is 0 Å². The second kappa shape index (κ2) is 8.95. The number of rotatable bonds is 6. The Bertz CT molecular complexity index is 839. The van der Waals surface area contributed by atoms with Gasteiger partial charge >= 0.3 is 0 Å². The normalized spacial score (nSPS) is 24.1. The van der Waals surface area contributed by atoms with Crippen LogP contribution >= 0.6 is 0 Å². The van der Waals surface area contributed by atoms with E-state index in [1.54, 1.807) is 7.11 Å². The van der Waals surface area contributed by atoms with Gasteiger partial charge in [-0.3, -0.25) is 9.69 Å². The second-order valence-corrected chi connectivity index (χ2v) is 7.79. The lowest BCUT2D eigenvalue weighted by atomic mass is 10.0. The first-order valence-corrected chi connectivity index (χ1v) is 10.2. The van der Waals surface area contributed by atoms with E-state index in [0.717, 1.165) is 36.4 Å². The zero-order chi connectivity index (χ0) is 20.2. The highest BCUT2D eigenvalue weighted by Gasteiger charge is 2.37. The molecule has 0 unspecified atom stereocenters. The summed E-state index contributed by atoms with van der Waals surface area (Å²) in [6.07, 6.45) is 1.65. The monoisotopic (exact) mass is 396 g/mol. The summed E-state index contributed by atoms with van der Waals surface area (Å²) in [5.74, 6) is 0.767. The highest BCUT2D eigenvalue weighted by atomic mass is 16.5. The number of fused-ring (bicyclic) bond motifs is 1. The van der Waals surface area contributed by atoms with Gasteiger partial charge in [-0.1, -0.05) is 24.3 Å². The molecule has 0 aromatic heterocycles. The molecule has 1 amide bonds. The number of morpholine rings is 1. The molecule has 4 rings (SSSR count). The van der Waals surface area contributed by atoms with E-state index in [1.807, 2.05) is 48.5 Å². The van der Waals surface area contributed by atoms with Crippen LogP contribution in [0.5, 0.6) is 5.75 Å². The molecular weight excluding hydrogens is 368 g/mol. The standard InChI is InChI=1S/C23H28N2O4/c1-28-21-7-5-16(6-8-21)17-3-2-4-18(11-17)23(27)24-19-12-20-15-29-22(9-10-26)14-25(20)13-19/h2-8,11,19-20,22,26H,9-10,12-15H2,1H3,(H,24,27)/t19-,20-,22-/m0/s1. The number of aliphatic hydroxyl groups is 1. The minimum absolute atomic E-state index is 0.0435. The summed E-state index contributed by atoms with van der Waals surface area (Å²) in [5, 5.41) is 12.3. The van der Waals surface area contributed by atoms with Gasteiger partial charge in [-0.15, -0.1) is 0 Å². The number of carbonyl (C=O) groups is 1. The van der Waals surface area contributed by atoms with Crippen LogP contribution < -0.4 is 10.1 Å². The molecule has 0 saturated carbocycles. The maximum Gasteiger partial charge on any atom is 0.251 e. The molecule has 6 nitrogen and oxygen atoms in total. The predicted octanol–water partition coefficient (Wildman–Crippen LogP) is 2.32. The number of ether oxygens (including phenoxy) is 2. The lowest BCUT2D eigenvalue weighted by Crippen LogP contribution is -2.46. The van der Waals surface area contributed by atoms with E-state index in [-0.39, 0.29) is 24.7 Å². The van der Waals surface area contributed by atoms with Crippen LogP contribution in [0.25, 0.3) is 11.1 Å². The van der Waals surface area contributed by atoms with Crippen molar-refractivity contribution in [1.29, 1.82) is 0 Å². The molecule has 2 N–H and O–H groups in total. The Morgan fingerprint density at radius 2 is 2.03 bits per heavy atom. The first-order chi connectivity index (χ1) is 14.2. The average Bonchev–Trinajstić information content (AvgIpc) is 3.15. The van der Waals surface area contributed by atoms with E-state index in [4.69, 9.17) is 14.6 Å². The fraction of sp³-hybridized carbons (Fsp3) is 0.435. The third-order valence-corrected chi connectivity index (χ3v) is 5.82. The molecule has 2 aromatic rings. The molecular formula is C23H28N2O4. The molecule has 2 fully saturated rings. The van der Waals surface area contributed by atoms with E-state index < -0.39 is 0 Å². The van der Waals surface area contributed by atoms with Crippen molar-refractivity contribution in [3.63, 3.8) is 0 Å². The number of hydrogen-bond acceptors (Lipinski definition) is 5. The first-order valence-electron chi connectivity index (χ1n) is 10.2. The highest BCUT2D eigenvalue weighted by Crippen LogP contribution is 2.26. The maximum absolute atomic E-state index is 12.8. The molecule has 0 spiro atoms. The van der Waals surface area contributed by atoms with E-state index in [9.17, 15) is 4.79 Å². The predicted molar refractivity (Wildman–Crippen MR) is 111 cm³/mol. The van der Waals surface area contributed by atoms with E-state index in [0.29, 0.717) is 24.6 Å². The number of hydrogen-bond donors (Lipinski definition) is 2. The van der Waals surface area contributed by atoms with Gasteiger partial charge in [0.15, 0.2) is 0 Å². The lowest BCUT2D eigenvalue weighted by Gasteiger charge is -2.34. The van der Waals surface area contributed by atoms with E-state index >= 15 is 0 Å². The van der Waals surface area contributed by atoms with Crippen LogP contribution in [0, 0.1) is 0 Å².